The average Bonchev–Trinajstić information content (AvgIpc) is 2.38. The molecule has 0 saturated heterocycles. The molecule has 8 heteroatoms. The van der Waals surface area contributed by atoms with Crippen LogP contribution in [0.3, 0.4) is 0 Å². The smallest absolute Gasteiger partial charge is 0.394 e. The Morgan fingerprint density at radius 2 is 1.70 bits per heavy atom. The normalized spacial score (nSPS) is 10.3. The quantitative estimate of drug-likeness (QED) is 0.431. The van der Waals surface area contributed by atoms with Crippen molar-refractivity contribution in [3.05, 3.63) is 59.9 Å². The molecule has 0 unspecified atom stereocenters. The molecule has 0 radical (unpaired) electrons. The molecular formula is C12H12N2O5S. The Morgan fingerprint density at radius 3 is 2.20 bits per heavy atom. The number of benzene rings is 1. The van der Waals surface area contributed by atoms with E-state index in [4.69, 9.17) is 23.3 Å². The molecule has 0 amide bonds. The summed E-state index contributed by atoms with van der Waals surface area (Å²) < 4.78 is 31.6. The van der Waals surface area contributed by atoms with Gasteiger partial charge in [-0.2, -0.15) is 8.42 Å². The first-order valence-corrected chi connectivity index (χ1v) is 6.68. The van der Waals surface area contributed by atoms with Gasteiger partial charge in [0.2, 0.25) is 0 Å². The van der Waals surface area contributed by atoms with E-state index in [1.165, 1.54) is 6.20 Å². The van der Waals surface area contributed by atoms with Gasteiger partial charge in [-0.15, -0.1) is 0 Å². The molecule has 2 aromatic rings. The summed E-state index contributed by atoms with van der Waals surface area (Å²) >= 11 is 0. The Kier molecular flexibility index (Phi) is 5.32. The summed E-state index contributed by atoms with van der Waals surface area (Å²) in [6.45, 7) is 0. The standard InChI is InChI=1S/C12H10N2O.H2O4S/c13-11-6-2-1-5-10(11)12(15)9-4-3-7-14-8-9;1-5(2,3)4/h1-8H,13H2;(H2,1,2,3,4). The molecule has 0 aliphatic heterocycles. The van der Waals surface area contributed by atoms with E-state index in [9.17, 15) is 4.79 Å². The number of aromatic nitrogens is 1. The molecular weight excluding hydrogens is 284 g/mol. The SMILES string of the molecule is Nc1ccccc1C(=O)c1cccnc1.O=S(=O)(O)O. The van der Waals surface area contributed by atoms with Crippen LogP contribution in [0.25, 0.3) is 0 Å². The maximum absolute atomic E-state index is 11.9. The first-order valence-electron chi connectivity index (χ1n) is 5.28. The zero-order valence-electron chi connectivity index (χ0n) is 10.2. The topological polar surface area (TPSA) is 131 Å². The van der Waals surface area contributed by atoms with Crippen LogP contribution in [0.5, 0.6) is 0 Å². The van der Waals surface area contributed by atoms with E-state index in [0.717, 1.165) is 0 Å². The van der Waals surface area contributed by atoms with Crippen LogP contribution >= 0.6 is 0 Å². The lowest BCUT2D eigenvalue weighted by atomic mass is 10.0. The number of carbonyl (C=O) groups is 1. The Morgan fingerprint density at radius 1 is 1.10 bits per heavy atom. The van der Waals surface area contributed by atoms with Gasteiger partial charge in [-0.3, -0.25) is 18.9 Å². The molecule has 0 spiro atoms. The number of rotatable bonds is 2. The number of carbonyl (C=O) groups excluding carboxylic acids is 1. The number of hydrogen-bond donors (Lipinski definition) is 3. The zero-order valence-corrected chi connectivity index (χ0v) is 11.0. The van der Waals surface area contributed by atoms with Gasteiger partial charge in [0.1, 0.15) is 0 Å². The number of nitrogen functional groups attached to an aromatic ring is 1. The molecule has 0 bridgehead atoms. The van der Waals surface area contributed by atoms with Gasteiger partial charge in [0.05, 0.1) is 0 Å². The van der Waals surface area contributed by atoms with E-state index in [1.807, 2.05) is 0 Å². The molecule has 2 rings (SSSR count). The fourth-order valence-electron chi connectivity index (χ4n) is 1.36. The maximum Gasteiger partial charge on any atom is 0.394 e. The Labute approximate surface area is 115 Å². The lowest BCUT2D eigenvalue weighted by Crippen LogP contribution is -2.05. The number of nitrogens with two attached hydrogens (primary N) is 1. The van der Waals surface area contributed by atoms with Gasteiger partial charge < -0.3 is 5.73 Å². The third kappa shape index (κ3) is 5.57. The number of para-hydroxylation sites is 1. The molecule has 0 aliphatic rings. The van der Waals surface area contributed by atoms with Crippen LogP contribution < -0.4 is 5.73 Å². The van der Waals surface area contributed by atoms with Crippen LogP contribution in [0.4, 0.5) is 5.69 Å². The highest BCUT2D eigenvalue weighted by molar-refractivity contribution is 7.79. The highest BCUT2D eigenvalue weighted by Crippen LogP contribution is 2.15. The van der Waals surface area contributed by atoms with Crippen LogP contribution in [0.15, 0.2) is 48.8 Å². The molecule has 1 aromatic carbocycles. The lowest BCUT2D eigenvalue weighted by molar-refractivity contribution is 0.103. The van der Waals surface area contributed by atoms with Gasteiger partial charge in [0.15, 0.2) is 5.78 Å². The summed E-state index contributed by atoms with van der Waals surface area (Å²) in [7, 11) is -4.67. The summed E-state index contributed by atoms with van der Waals surface area (Å²) in [5.41, 5.74) is 7.28. The molecule has 1 heterocycles. The number of ketones is 1. The third-order valence-electron chi connectivity index (χ3n) is 2.13. The summed E-state index contributed by atoms with van der Waals surface area (Å²) in [5.74, 6) is -0.0961. The molecule has 0 fully saturated rings. The predicted molar refractivity (Wildman–Crippen MR) is 72.7 cm³/mol. The van der Waals surface area contributed by atoms with Crippen LogP contribution in [0, 0.1) is 0 Å². The van der Waals surface area contributed by atoms with Crippen LogP contribution in [-0.4, -0.2) is 28.3 Å². The van der Waals surface area contributed by atoms with E-state index >= 15 is 0 Å². The predicted octanol–water partition coefficient (Wildman–Crippen LogP) is 1.24. The Balaban J connectivity index is 0.000000347. The second-order valence-corrected chi connectivity index (χ2v) is 4.50. The molecule has 20 heavy (non-hydrogen) atoms. The van der Waals surface area contributed by atoms with E-state index in [1.54, 1.807) is 42.6 Å². The summed E-state index contributed by atoms with van der Waals surface area (Å²) in [6.07, 6.45) is 3.17. The molecule has 106 valence electrons. The molecule has 0 atom stereocenters. The third-order valence-corrected chi connectivity index (χ3v) is 2.13. The number of anilines is 1. The van der Waals surface area contributed by atoms with Crippen molar-refractivity contribution in [3.63, 3.8) is 0 Å². The van der Waals surface area contributed by atoms with Crippen molar-refractivity contribution >= 4 is 21.9 Å². The second kappa shape index (κ2) is 6.75. The van der Waals surface area contributed by atoms with E-state index in [-0.39, 0.29) is 5.78 Å². The first kappa shape index (κ1) is 15.8. The fraction of sp³-hybridized carbons (Fsp3) is 0. The fourth-order valence-corrected chi connectivity index (χ4v) is 1.36. The minimum absolute atomic E-state index is 0.0961. The zero-order chi connectivity index (χ0) is 15.2. The van der Waals surface area contributed by atoms with E-state index in [2.05, 4.69) is 4.98 Å². The van der Waals surface area contributed by atoms with Crippen molar-refractivity contribution < 1.29 is 22.3 Å². The Bertz CT molecular complexity index is 678. The highest BCUT2D eigenvalue weighted by atomic mass is 32.3. The second-order valence-electron chi connectivity index (χ2n) is 3.61. The molecule has 7 nitrogen and oxygen atoms in total. The molecule has 0 aliphatic carbocycles. The first-order chi connectivity index (χ1) is 9.29. The number of pyridine rings is 1. The van der Waals surface area contributed by atoms with Gasteiger partial charge in [-0.25, -0.2) is 0 Å². The van der Waals surface area contributed by atoms with Crippen molar-refractivity contribution in [3.8, 4) is 0 Å². The molecule has 0 saturated carbocycles. The lowest BCUT2D eigenvalue weighted by Gasteiger charge is -2.03. The van der Waals surface area contributed by atoms with Crippen LogP contribution in [0.1, 0.15) is 15.9 Å². The van der Waals surface area contributed by atoms with Crippen molar-refractivity contribution in [1.29, 1.82) is 0 Å². The van der Waals surface area contributed by atoms with Crippen molar-refractivity contribution in [2.45, 2.75) is 0 Å². The van der Waals surface area contributed by atoms with Gasteiger partial charge in [0.25, 0.3) is 0 Å². The van der Waals surface area contributed by atoms with E-state index in [0.29, 0.717) is 16.8 Å². The largest absolute Gasteiger partial charge is 0.398 e. The van der Waals surface area contributed by atoms with Gasteiger partial charge in [-0.1, -0.05) is 12.1 Å². The van der Waals surface area contributed by atoms with Gasteiger partial charge >= 0.3 is 10.4 Å². The van der Waals surface area contributed by atoms with Gasteiger partial charge in [0, 0.05) is 29.2 Å². The van der Waals surface area contributed by atoms with E-state index < -0.39 is 10.4 Å². The van der Waals surface area contributed by atoms with Crippen molar-refractivity contribution in [2.75, 3.05) is 5.73 Å². The monoisotopic (exact) mass is 296 g/mol. The van der Waals surface area contributed by atoms with Crippen LogP contribution in [0.2, 0.25) is 0 Å². The maximum atomic E-state index is 11.9. The van der Waals surface area contributed by atoms with Crippen LogP contribution in [-0.2, 0) is 10.4 Å². The summed E-state index contributed by atoms with van der Waals surface area (Å²) in [5, 5.41) is 0. The molecule has 1 aromatic heterocycles. The number of nitrogens with zero attached hydrogens (tertiary/aromatic N) is 1. The molecule has 4 N–H and O–H groups in total. The average molecular weight is 296 g/mol. The minimum Gasteiger partial charge on any atom is -0.398 e. The van der Waals surface area contributed by atoms with Crippen molar-refractivity contribution in [2.24, 2.45) is 0 Å². The minimum atomic E-state index is -4.67. The summed E-state index contributed by atoms with van der Waals surface area (Å²) in [6, 6.07) is 10.5. The summed E-state index contributed by atoms with van der Waals surface area (Å²) in [4.78, 5) is 15.8. The highest BCUT2D eigenvalue weighted by Gasteiger charge is 2.10. The van der Waals surface area contributed by atoms with Gasteiger partial charge in [-0.05, 0) is 24.3 Å². The van der Waals surface area contributed by atoms with Crippen molar-refractivity contribution in [1.82, 2.24) is 4.98 Å². The number of hydrogen-bond acceptors (Lipinski definition) is 5. The Hall–Kier alpha value is -2.29.